The maximum Gasteiger partial charge on any atom is 0.345 e. The molecule has 36 heavy (non-hydrogen) atoms. The van der Waals surface area contributed by atoms with E-state index in [4.69, 9.17) is 17.3 Å². The van der Waals surface area contributed by atoms with E-state index in [9.17, 15) is 13.2 Å². The Morgan fingerprint density at radius 2 is 2.03 bits per heavy atom. The Balaban J connectivity index is 1.72. The lowest BCUT2D eigenvalue weighted by Gasteiger charge is -2.17. The second-order valence-electron chi connectivity index (χ2n) is 7.68. The van der Waals surface area contributed by atoms with E-state index in [1.54, 1.807) is 18.2 Å². The zero-order valence-corrected chi connectivity index (χ0v) is 21.5. The largest absolute Gasteiger partial charge is 0.383 e. The number of hydrogen-bond donors (Lipinski definition) is 4. The maximum atomic E-state index is 15.0. The van der Waals surface area contributed by atoms with Gasteiger partial charge in [-0.05, 0) is 30.3 Å². The second-order valence-corrected chi connectivity index (χ2v) is 10.8. The Morgan fingerprint density at radius 3 is 2.72 bits per heavy atom. The fraction of sp³-hybridized carbons (Fsp3) is 0.227. The summed E-state index contributed by atoms with van der Waals surface area (Å²) in [6, 6.07) is 7.53. The molecule has 0 bridgehead atoms. The smallest absolute Gasteiger partial charge is 0.345 e. The van der Waals surface area contributed by atoms with Crippen LogP contribution in [0.2, 0.25) is 4.34 Å². The number of aromatic nitrogens is 3. The Morgan fingerprint density at radius 1 is 1.22 bits per heavy atom. The molecule has 0 saturated heterocycles. The Bertz CT molecular complexity index is 1520. The molecule has 14 heteroatoms. The van der Waals surface area contributed by atoms with Crippen LogP contribution in [-0.4, -0.2) is 48.1 Å². The van der Waals surface area contributed by atoms with Gasteiger partial charge in [-0.3, -0.25) is 4.79 Å². The zero-order valence-electron chi connectivity index (χ0n) is 19.1. The number of carbonyl (C=O) groups is 1. The van der Waals surface area contributed by atoms with Crippen LogP contribution in [0, 0.1) is 5.82 Å². The molecule has 0 aliphatic rings. The molecular weight excluding hydrogens is 529 g/mol. The second kappa shape index (κ2) is 10.8. The highest BCUT2D eigenvalue weighted by molar-refractivity contribution is 7.91. The van der Waals surface area contributed by atoms with E-state index in [2.05, 4.69) is 25.4 Å². The molecule has 0 unspecified atom stereocenters. The van der Waals surface area contributed by atoms with Gasteiger partial charge in [0.15, 0.2) is 5.13 Å². The Hall–Kier alpha value is -3.26. The number of primary amides is 1. The number of nitrogens with two attached hydrogens (primary N) is 1. The molecule has 0 atom stereocenters. The van der Waals surface area contributed by atoms with Gasteiger partial charge in [0.05, 0.1) is 29.2 Å². The van der Waals surface area contributed by atoms with Gasteiger partial charge >= 0.3 is 10.2 Å². The molecule has 2 aromatic heterocycles. The van der Waals surface area contributed by atoms with Crippen molar-refractivity contribution in [1.29, 1.82) is 0 Å². The van der Waals surface area contributed by atoms with E-state index in [0.717, 1.165) is 22.0 Å². The fourth-order valence-electron chi connectivity index (χ4n) is 3.73. The molecule has 1 amide bonds. The van der Waals surface area contributed by atoms with Gasteiger partial charge in [-0.1, -0.05) is 42.0 Å². The van der Waals surface area contributed by atoms with Crippen molar-refractivity contribution in [2.75, 3.05) is 29.7 Å². The minimum atomic E-state index is -4.13. The molecule has 10 nitrogen and oxygen atoms in total. The summed E-state index contributed by atoms with van der Waals surface area (Å²) in [6.45, 7) is 3.77. The summed E-state index contributed by atoms with van der Waals surface area (Å²) in [6.07, 6.45) is 2.80. The van der Waals surface area contributed by atoms with Crippen LogP contribution in [0.4, 0.5) is 15.2 Å². The van der Waals surface area contributed by atoms with E-state index in [-0.39, 0.29) is 28.2 Å². The number of carbonyl (C=O) groups excluding carboxylic acids is 1. The van der Waals surface area contributed by atoms with Gasteiger partial charge in [0.1, 0.15) is 10.2 Å². The van der Waals surface area contributed by atoms with Crippen LogP contribution in [0.3, 0.4) is 0 Å². The highest BCUT2D eigenvalue weighted by Crippen LogP contribution is 2.30. The lowest BCUT2D eigenvalue weighted by Crippen LogP contribution is -2.24. The molecule has 5 N–H and O–H groups in total. The third kappa shape index (κ3) is 5.43. The normalized spacial score (nSPS) is 11.6. The van der Waals surface area contributed by atoms with Crippen LogP contribution in [0.1, 0.15) is 28.4 Å². The molecular formula is C22H23ClFN7O3S2. The summed E-state index contributed by atoms with van der Waals surface area (Å²) in [5, 5.41) is 10.9. The van der Waals surface area contributed by atoms with Crippen LogP contribution in [0.15, 0.2) is 42.7 Å². The van der Waals surface area contributed by atoms with Crippen molar-refractivity contribution in [3.63, 3.8) is 0 Å². The Labute approximate surface area is 215 Å². The number of benzene rings is 2. The van der Waals surface area contributed by atoms with Crippen LogP contribution in [-0.2, 0) is 16.6 Å². The summed E-state index contributed by atoms with van der Waals surface area (Å²) in [7, 11) is -4.13. The number of halogens is 2. The van der Waals surface area contributed by atoms with Gasteiger partial charge in [-0.15, -0.1) is 4.09 Å². The van der Waals surface area contributed by atoms with E-state index in [1.807, 2.05) is 6.92 Å². The van der Waals surface area contributed by atoms with Crippen molar-refractivity contribution >= 4 is 60.8 Å². The molecule has 4 rings (SSSR count). The number of rotatable bonds is 11. The van der Waals surface area contributed by atoms with E-state index in [1.165, 1.54) is 24.5 Å². The first-order valence-corrected chi connectivity index (χ1v) is 13.5. The van der Waals surface area contributed by atoms with Crippen LogP contribution < -0.4 is 21.1 Å². The summed E-state index contributed by atoms with van der Waals surface area (Å²) in [5.41, 5.74) is 7.16. The summed E-state index contributed by atoms with van der Waals surface area (Å²) < 4.78 is 44.4. The first-order chi connectivity index (χ1) is 17.2. The third-order valence-corrected chi connectivity index (χ3v) is 7.69. The summed E-state index contributed by atoms with van der Waals surface area (Å²) in [5.74, 6) is -1.21. The average Bonchev–Trinajstić information content (AvgIpc) is 3.45. The number of hydrogen-bond acceptors (Lipinski definition) is 8. The van der Waals surface area contributed by atoms with Crippen LogP contribution in [0.25, 0.3) is 10.9 Å². The highest BCUT2D eigenvalue weighted by atomic mass is 35.5. The average molecular weight is 552 g/mol. The maximum absolute atomic E-state index is 15.0. The van der Waals surface area contributed by atoms with Gasteiger partial charge in [0, 0.05) is 30.5 Å². The SMILES string of the molecule is CCNCCNc1c(C(N)=O)ccc(F)c1Cc1cccc2c1cnn2S(=O)(=O)Nc1ncc(Cl)s1. The molecule has 4 aromatic rings. The van der Waals surface area contributed by atoms with Crippen molar-refractivity contribution in [1.82, 2.24) is 19.5 Å². The fourth-order valence-corrected chi connectivity index (χ4v) is 5.83. The van der Waals surface area contributed by atoms with Gasteiger partial charge in [-0.25, -0.2) is 14.1 Å². The van der Waals surface area contributed by atoms with Crippen LogP contribution >= 0.6 is 22.9 Å². The van der Waals surface area contributed by atoms with Gasteiger partial charge < -0.3 is 16.4 Å². The van der Waals surface area contributed by atoms with Gasteiger partial charge in [0.2, 0.25) is 0 Å². The van der Waals surface area contributed by atoms with Crippen molar-refractivity contribution in [2.45, 2.75) is 13.3 Å². The summed E-state index contributed by atoms with van der Waals surface area (Å²) in [4.78, 5) is 16.0. The minimum Gasteiger partial charge on any atom is -0.383 e. The number of nitrogens with zero attached hydrogens (tertiary/aromatic N) is 3. The minimum absolute atomic E-state index is 0.0646. The number of amides is 1. The van der Waals surface area contributed by atoms with Crippen molar-refractivity contribution in [3.05, 3.63) is 69.6 Å². The number of anilines is 2. The zero-order chi connectivity index (χ0) is 25.9. The topological polar surface area (TPSA) is 144 Å². The summed E-state index contributed by atoms with van der Waals surface area (Å²) >= 11 is 6.81. The molecule has 2 heterocycles. The molecule has 0 aliphatic carbocycles. The number of likely N-dealkylation sites (N-methyl/N-ethyl adjacent to an activating group) is 1. The first-order valence-electron chi connectivity index (χ1n) is 10.9. The lowest BCUT2D eigenvalue weighted by atomic mass is 9.97. The molecule has 190 valence electrons. The first kappa shape index (κ1) is 25.8. The molecule has 2 aromatic carbocycles. The third-order valence-electron chi connectivity index (χ3n) is 5.33. The van der Waals surface area contributed by atoms with Crippen molar-refractivity contribution in [2.24, 2.45) is 5.73 Å². The van der Waals surface area contributed by atoms with Gasteiger partial charge in [0.25, 0.3) is 5.91 Å². The van der Waals surface area contributed by atoms with Crippen molar-refractivity contribution in [3.8, 4) is 0 Å². The van der Waals surface area contributed by atoms with Gasteiger partial charge in [-0.2, -0.15) is 13.5 Å². The van der Waals surface area contributed by atoms with E-state index in [0.29, 0.717) is 34.1 Å². The molecule has 0 radical (unpaired) electrons. The highest BCUT2D eigenvalue weighted by Gasteiger charge is 2.22. The van der Waals surface area contributed by atoms with Crippen molar-refractivity contribution < 1.29 is 17.6 Å². The number of nitrogens with one attached hydrogen (secondary N) is 3. The molecule has 0 saturated carbocycles. The van der Waals surface area contributed by atoms with Crippen LogP contribution in [0.5, 0.6) is 0 Å². The van der Waals surface area contributed by atoms with E-state index < -0.39 is 21.9 Å². The number of fused-ring (bicyclic) bond motifs is 1. The Kier molecular flexibility index (Phi) is 7.73. The monoisotopic (exact) mass is 551 g/mol. The molecule has 0 fully saturated rings. The predicted octanol–water partition coefficient (Wildman–Crippen LogP) is 3.20. The lowest BCUT2D eigenvalue weighted by molar-refractivity contribution is 0.100. The quantitative estimate of drug-likeness (QED) is 0.209. The standard InChI is InChI=1S/C22H23ClFN7O3S2/c1-2-26-8-9-27-20-14(21(25)32)6-7-17(24)15(20)10-13-4-3-5-18-16(13)11-29-31(18)36(33,34)30-22-28-12-19(23)35-22/h3-7,11-12,26-27H,2,8-10H2,1H3,(H2,25,32)(H,28,30). The molecule has 0 spiro atoms. The number of thiazole rings is 1. The van der Waals surface area contributed by atoms with E-state index >= 15 is 4.39 Å². The molecule has 0 aliphatic heterocycles. The predicted molar refractivity (Wildman–Crippen MR) is 140 cm³/mol.